The second kappa shape index (κ2) is 13.7. The summed E-state index contributed by atoms with van der Waals surface area (Å²) in [5.41, 5.74) is 1.76. The van der Waals surface area contributed by atoms with E-state index in [4.69, 9.17) is 23.7 Å². The maximum absolute atomic E-state index is 13.3. The minimum Gasteiger partial charge on any atom is -0.493 e. The molecule has 1 fully saturated rings. The van der Waals surface area contributed by atoms with Gasteiger partial charge < -0.3 is 33.9 Å². The molecule has 3 aromatic carbocycles. The van der Waals surface area contributed by atoms with Gasteiger partial charge in [0, 0.05) is 39.3 Å². The number of esters is 2. The second-order valence-corrected chi connectivity index (χ2v) is 14.7. The van der Waals surface area contributed by atoms with Crippen LogP contribution in [0.2, 0.25) is 0 Å². The van der Waals surface area contributed by atoms with E-state index < -0.39 is 35.0 Å². The van der Waals surface area contributed by atoms with Gasteiger partial charge in [-0.25, -0.2) is 9.59 Å². The summed E-state index contributed by atoms with van der Waals surface area (Å²) < 4.78 is 30.1. The third-order valence-electron chi connectivity index (χ3n) is 9.55. The van der Waals surface area contributed by atoms with Gasteiger partial charge in [0.1, 0.15) is 41.0 Å². The molecule has 1 aromatic heterocycles. The van der Waals surface area contributed by atoms with Crippen LogP contribution < -0.4 is 19.5 Å². The largest absolute Gasteiger partial charge is 0.493 e. The average Bonchev–Trinajstić information content (AvgIpc) is 3.78. The van der Waals surface area contributed by atoms with Gasteiger partial charge in [-0.2, -0.15) is 0 Å². The van der Waals surface area contributed by atoms with Gasteiger partial charge in [0.15, 0.2) is 11.6 Å². The van der Waals surface area contributed by atoms with Gasteiger partial charge in [-0.15, -0.1) is 23.1 Å². The molecule has 266 valence electrons. The lowest BCUT2D eigenvalue weighted by atomic mass is 9.77. The Morgan fingerprint density at radius 3 is 2.40 bits per heavy atom. The lowest BCUT2D eigenvalue weighted by Gasteiger charge is -2.51. The monoisotopic (exact) mass is 738 g/mol. The van der Waals surface area contributed by atoms with E-state index in [2.05, 4.69) is 12.2 Å². The van der Waals surface area contributed by atoms with Crippen LogP contribution in [-0.2, 0) is 35.9 Å². The Morgan fingerprint density at radius 1 is 0.942 bits per heavy atom. The SMILES string of the molecule is CCCCOc1ccc2c(c1)Oc1cc(OCC3=CSC4C(NC(=O)Cc5cccs5)C(=O)N4C3C(=O)OC)ccc1C21OC(=O)c2ccccc21. The van der Waals surface area contributed by atoms with Crippen LogP contribution in [0.1, 0.15) is 51.7 Å². The standard InChI is InChI=1S/C39H34N2O9S2/c1-3-4-15-47-23-11-13-28-30(17-23)49-31-18-24(12-14-29(31)39(28)27-10-6-5-9-26(27)37(44)50-39)48-20-22-21-52-36-33(35(43)41(36)34(22)38(45)46-2)40-32(42)19-25-8-7-16-51-25/h5-14,16-18,21,33-34,36H,3-4,15,19-20H2,1-2H3,(H,40,42). The second-order valence-electron chi connectivity index (χ2n) is 12.7. The highest BCUT2D eigenvalue weighted by atomic mass is 32.2. The Labute approximate surface area is 307 Å². The molecule has 4 atom stereocenters. The van der Waals surface area contributed by atoms with E-state index in [1.807, 2.05) is 47.8 Å². The van der Waals surface area contributed by atoms with Crippen molar-refractivity contribution in [2.45, 2.75) is 49.2 Å². The number of benzene rings is 3. The molecule has 0 bridgehead atoms. The smallest absolute Gasteiger partial charge is 0.340 e. The summed E-state index contributed by atoms with van der Waals surface area (Å²) in [6.45, 7) is 2.62. The minimum atomic E-state index is -1.25. The Hall–Kier alpha value is -5.27. The number of unbranched alkanes of at least 4 members (excludes halogenated alkanes) is 1. The van der Waals surface area contributed by atoms with Crippen molar-refractivity contribution in [1.82, 2.24) is 10.2 Å². The van der Waals surface area contributed by atoms with Crippen molar-refractivity contribution in [3.8, 4) is 23.0 Å². The van der Waals surface area contributed by atoms with Crippen molar-refractivity contribution in [2.75, 3.05) is 20.3 Å². The number of fused-ring (bicyclic) bond motifs is 7. The average molecular weight is 739 g/mol. The number of methoxy groups -OCH3 is 1. The third kappa shape index (κ3) is 5.68. The molecule has 0 radical (unpaired) electrons. The number of ether oxygens (including phenoxy) is 5. The van der Waals surface area contributed by atoms with Crippen LogP contribution in [-0.4, -0.2) is 66.4 Å². The first-order valence-electron chi connectivity index (χ1n) is 16.9. The molecular formula is C39H34N2O9S2. The van der Waals surface area contributed by atoms with Crippen molar-refractivity contribution in [3.05, 3.63) is 116 Å². The highest BCUT2D eigenvalue weighted by Gasteiger charge is 2.56. The van der Waals surface area contributed by atoms with E-state index in [0.717, 1.165) is 17.7 Å². The van der Waals surface area contributed by atoms with Crippen LogP contribution in [0.5, 0.6) is 23.0 Å². The number of rotatable bonds is 11. The van der Waals surface area contributed by atoms with Gasteiger partial charge in [-0.3, -0.25) is 9.59 Å². The van der Waals surface area contributed by atoms with Crippen molar-refractivity contribution >= 4 is 46.9 Å². The highest BCUT2D eigenvalue weighted by molar-refractivity contribution is 8.03. The summed E-state index contributed by atoms with van der Waals surface area (Å²) in [4.78, 5) is 54.7. The summed E-state index contributed by atoms with van der Waals surface area (Å²) in [6, 6.07) is 20.1. The zero-order valence-electron chi connectivity index (χ0n) is 28.3. The quantitative estimate of drug-likeness (QED) is 0.112. The number of β-lactam (4-membered cyclic amide) rings is 1. The number of hydrogen-bond acceptors (Lipinski definition) is 11. The van der Waals surface area contributed by atoms with Crippen LogP contribution in [0, 0.1) is 0 Å². The maximum Gasteiger partial charge on any atom is 0.340 e. The number of nitrogens with zero attached hydrogens (tertiary/aromatic N) is 1. The summed E-state index contributed by atoms with van der Waals surface area (Å²) in [5, 5.41) is 6.05. The summed E-state index contributed by atoms with van der Waals surface area (Å²) in [6.07, 6.45) is 2.07. The van der Waals surface area contributed by atoms with Gasteiger partial charge in [-0.1, -0.05) is 37.6 Å². The Balaban J connectivity index is 1.05. The van der Waals surface area contributed by atoms with E-state index in [9.17, 15) is 19.2 Å². The summed E-state index contributed by atoms with van der Waals surface area (Å²) in [5.74, 6) is 0.304. The van der Waals surface area contributed by atoms with Crippen LogP contribution in [0.25, 0.3) is 0 Å². The summed E-state index contributed by atoms with van der Waals surface area (Å²) in [7, 11) is 1.27. The molecule has 4 aromatic rings. The zero-order valence-corrected chi connectivity index (χ0v) is 29.9. The number of thioether (sulfide) groups is 1. The third-order valence-corrected chi connectivity index (χ3v) is 11.6. The van der Waals surface area contributed by atoms with E-state index in [0.29, 0.717) is 57.4 Å². The van der Waals surface area contributed by atoms with Gasteiger partial charge in [0.05, 0.1) is 25.7 Å². The van der Waals surface area contributed by atoms with Crippen molar-refractivity contribution in [1.29, 1.82) is 0 Å². The molecule has 5 heterocycles. The Kier molecular flexibility index (Phi) is 8.92. The molecular weight excluding hydrogens is 705 g/mol. The van der Waals surface area contributed by atoms with Crippen LogP contribution in [0.3, 0.4) is 0 Å². The van der Waals surface area contributed by atoms with Crippen LogP contribution in [0.4, 0.5) is 0 Å². The maximum atomic E-state index is 13.3. The molecule has 0 aliphatic carbocycles. The predicted octanol–water partition coefficient (Wildman–Crippen LogP) is 5.94. The number of carbonyl (C=O) groups excluding carboxylic acids is 4. The molecule has 4 unspecified atom stereocenters. The number of amides is 2. The van der Waals surface area contributed by atoms with Crippen molar-refractivity contribution < 1.29 is 42.9 Å². The topological polar surface area (TPSA) is 130 Å². The van der Waals surface area contributed by atoms with Crippen LogP contribution >= 0.6 is 23.1 Å². The molecule has 4 aliphatic rings. The van der Waals surface area contributed by atoms with Crippen LogP contribution in [0.15, 0.2) is 89.2 Å². The fraction of sp³-hybridized carbons (Fsp3) is 0.282. The van der Waals surface area contributed by atoms with Gasteiger partial charge >= 0.3 is 11.9 Å². The van der Waals surface area contributed by atoms with E-state index in [1.165, 1.54) is 35.1 Å². The lowest BCUT2D eigenvalue weighted by molar-refractivity contribution is -0.161. The van der Waals surface area contributed by atoms with Gasteiger partial charge in [-0.05, 0) is 53.6 Å². The molecule has 13 heteroatoms. The minimum absolute atomic E-state index is 0.0353. The fourth-order valence-corrected chi connectivity index (χ4v) is 8.95. The highest BCUT2D eigenvalue weighted by Crippen LogP contribution is 2.57. The van der Waals surface area contributed by atoms with E-state index in [-0.39, 0.29) is 24.8 Å². The zero-order chi connectivity index (χ0) is 36.0. The lowest BCUT2D eigenvalue weighted by Crippen LogP contribution is -2.74. The molecule has 1 spiro atoms. The molecule has 2 amide bonds. The number of thiophene rings is 1. The summed E-state index contributed by atoms with van der Waals surface area (Å²) >= 11 is 2.81. The first kappa shape index (κ1) is 33.9. The molecule has 1 saturated heterocycles. The molecule has 4 aliphatic heterocycles. The molecule has 1 N–H and O–H groups in total. The first-order chi connectivity index (χ1) is 25.3. The van der Waals surface area contributed by atoms with Crippen molar-refractivity contribution in [2.24, 2.45) is 0 Å². The normalized spacial score (nSPS) is 22.1. The first-order valence-corrected chi connectivity index (χ1v) is 18.8. The number of hydrogen-bond donors (Lipinski definition) is 1. The predicted molar refractivity (Wildman–Crippen MR) is 193 cm³/mol. The van der Waals surface area contributed by atoms with E-state index in [1.54, 1.807) is 35.7 Å². The fourth-order valence-electron chi connectivity index (χ4n) is 7.04. The molecule has 11 nitrogen and oxygen atoms in total. The van der Waals surface area contributed by atoms with Gasteiger partial charge in [0.2, 0.25) is 11.8 Å². The van der Waals surface area contributed by atoms with Crippen molar-refractivity contribution in [3.63, 3.8) is 0 Å². The van der Waals surface area contributed by atoms with E-state index >= 15 is 0 Å². The Bertz CT molecular complexity index is 2120. The molecule has 0 saturated carbocycles. The Morgan fingerprint density at radius 2 is 1.69 bits per heavy atom. The van der Waals surface area contributed by atoms with Gasteiger partial charge in [0.25, 0.3) is 0 Å². The number of nitrogens with one attached hydrogen (secondary N) is 1. The molecule has 8 rings (SSSR count). The molecule has 52 heavy (non-hydrogen) atoms. The number of carbonyl (C=O) groups is 4.